The second kappa shape index (κ2) is 8.19. The van der Waals surface area contributed by atoms with E-state index in [0.717, 1.165) is 22.5 Å². The third-order valence-electron chi connectivity index (χ3n) is 7.63. The number of benzene rings is 5. The van der Waals surface area contributed by atoms with Crippen LogP contribution < -0.4 is 0 Å². The minimum atomic E-state index is 1.09. The van der Waals surface area contributed by atoms with Crippen LogP contribution in [0.1, 0.15) is 0 Å². The minimum absolute atomic E-state index is 1.09. The van der Waals surface area contributed by atoms with Gasteiger partial charge in [0.15, 0.2) is 0 Å². The highest BCUT2D eigenvalue weighted by molar-refractivity contribution is 6.11. The Balaban J connectivity index is 1.47. The van der Waals surface area contributed by atoms with Gasteiger partial charge in [-0.2, -0.15) is 0 Å². The van der Waals surface area contributed by atoms with Crippen LogP contribution in [-0.2, 0) is 0 Å². The molecule has 3 heterocycles. The Kier molecular flexibility index (Phi) is 4.52. The molecule has 0 amide bonds. The molecular weight excluding hydrogens is 462 g/mol. The zero-order valence-corrected chi connectivity index (χ0v) is 20.6. The van der Waals surface area contributed by atoms with Gasteiger partial charge in [-0.15, -0.1) is 0 Å². The highest BCUT2D eigenvalue weighted by Gasteiger charge is 2.19. The van der Waals surface area contributed by atoms with Gasteiger partial charge in [-0.25, -0.2) is 0 Å². The maximum atomic E-state index is 4.62. The van der Waals surface area contributed by atoms with Gasteiger partial charge in [0.05, 0.1) is 33.4 Å². The molecule has 0 aliphatic heterocycles. The van der Waals surface area contributed by atoms with Gasteiger partial charge in [-0.05, 0) is 36.4 Å². The van der Waals surface area contributed by atoms with Crippen molar-refractivity contribution in [2.45, 2.75) is 0 Å². The average Bonchev–Trinajstić information content (AvgIpc) is 3.50. The molecule has 8 rings (SSSR count). The van der Waals surface area contributed by atoms with E-state index >= 15 is 0 Å². The van der Waals surface area contributed by atoms with Gasteiger partial charge in [-0.3, -0.25) is 4.98 Å². The summed E-state index contributed by atoms with van der Waals surface area (Å²) in [5.41, 5.74) is 9.27. The number of hydrogen-bond donors (Lipinski definition) is 0. The lowest BCUT2D eigenvalue weighted by Gasteiger charge is -2.18. The highest BCUT2D eigenvalue weighted by Crippen LogP contribution is 2.40. The number of fused-ring (bicyclic) bond motifs is 6. The molecule has 0 spiro atoms. The summed E-state index contributed by atoms with van der Waals surface area (Å²) in [4.78, 5) is 4.62. The highest BCUT2D eigenvalue weighted by atomic mass is 15.0. The Bertz CT molecular complexity index is 1880. The summed E-state index contributed by atoms with van der Waals surface area (Å²) in [6, 6.07) is 45.4. The third-order valence-corrected chi connectivity index (χ3v) is 7.63. The molecule has 0 bridgehead atoms. The maximum Gasteiger partial charge on any atom is 0.0572 e. The van der Waals surface area contributed by atoms with E-state index in [-0.39, 0.29) is 0 Å². The topological polar surface area (TPSA) is 22.8 Å². The van der Waals surface area contributed by atoms with E-state index < -0.39 is 0 Å². The van der Waals surface area contributed by atoms with E-state index in [1.807, 2.05) is 12.4 Å². The van der Waals surface area contributed by atoms with Gasteiger partial charge >= 0.3 is 0 Å². The summed E-state index contributed by atoms with van der Waals surface area (Å²) in [5, 5.41) is 5.02. The van der Waals surface area contributed by atoms with E-state index in [4.69, 9.17) is 0 Å². The smallest absolute Gasteiger partial charge is 0.0572 e. The summed E-state index contributed by atoms with van der Waals surface area (Å²) >= 11 is 0. The van der Waals surface area contributed by atoms with Crippen LogP contribution in [0.4, 0.5) is 0 Å². The summed E-state index contributed by atoms with van der Waals surface area (Å²) in [6.45, 7) is 0. The number of hydrogen-bond acceptors (Lipinski definition) is 1. The van der Waals surface area contributed by atoms with Crippen molar-refractivity contribution in [1.29, 1.82) is 0 Å². The van der Waals surface area contributed by atoms with E-state index in [0.29, 0.717) is 0 Å². The fourth-order valence-corrected chi connectivity index (χ4v) is 6.05. The second-order valence-electron chi connectivity index (χ2n) is 9.65. The Morgan fingerprint density at radius 1 is 0.368 bits per heavy atom. The van der Waals surface area contributed by atoms with Crippen molar-refractivity contribution in [2.24, 2.45) is 0 Å². The number of nitrogens with zero attached hydrogens (tertiary/aromatic N) is 3. The van der Waals surface area contributed by atoms with E-state index in [2.05, 4.69) is 142 Å². The summed E-state index contributed by atoms with van der Waals surface area (Å²) in [7, 11) is 0. The molecule has 8 aromatic rings. The van der Waals surface area contributed by atoms with Crippen LogP contribution in [0.2, 0.25) is 0 Å². The van der Waals surface area contributed by atoms with Crippen LogP contribution in [0.15, 0.2) is 140 Å². The summed E-state index contributed by atoms with van der Waals surface area (Å²) in [5.74, 6) is 0. The first-order valence-electron chi connectivity index (χ1n) is 12.9. The molecule has 3 aromatic heterocycles. The molecule has 0 atom stereocenters. The van der Waals surface area contributed by atoms with Crippen molar-refractivity contribution < 1.29 is 0 Å². The minimum Gasteiger partial charge on any atom is -0.309 e. The Labute approximate surface area is 219 Å². The summed E-state index contributed by atoms with van der Waals surface area (Å²) < 4.78 is 4.77. The first kappa shape index (κ1) is 21.0. The van der Waals surface area contributed by atoms with E-state index in [1.165, 1.54) is 43.6 Å². The van der Waals surface area contributed by atoms with Crippen molar-refractivity contribution in [3.63, 3.8) is 0 Å². The molecule has 3 nitrogen and oxygen atoms in total. The fourth-order valence-electron chi connectivity index (χ4n) is 6.05. The third kappa shape index (κ3) is 2.93. The second-order valence-corrected chi connectivity index (χ2v) is 9.65. The molecule has 0 saturated carbocycles. The lowest BCUT2D eigenvalue weighted by Crippen LogP contribution is -2.01. The van der Waals surface area contributed by atoms with Gasteiger partial charge in [0, 0.05) is 45.1 Å². The van der Waals surface area contributed by atoms with Crippen molar-refractivity contribution >= 4 is 43.6 Å². The number of aromatic nitrogens is 3. The molecule has 0 aliphatic rings. The molecule has 0 N–H and O–H groups in total. The van der Waals surface area contributed by atoms with Crippen LogP contribution in [0.25, 0.3) is 66.1 Å². The predicted molar refractivity (Wildman–Crippen MR) is 158 cm³/mol. The first-order chi connectivity index (χ1) is 18.9. The lowest BCUT2D eigenvalue weighted by atomic mass is 10.0. The Hall–Kier alpha value is -5.15. The monoisotopic (exact) mass is 485 g/mol. The first-order valence-corrected chi connectivity index (χ1v) is 12.9. The van der Waals surface area contributed by atoms with Crippen molar-refractivity contribution in [1.82, 2.24) is 14.1 Å². The van der Waals surface area contributed by atoms with Crippen molar-refractivity contribution in [3.8, 4) is 22.5 Å². The largest absolute Gasteiger partial charge is 0.309 e. The molecule has 0 unspecified atom stereocenters. The molecule has 38 heavy (non-hydrogen) atoms. The van der Waals surface area contributed by atoms with E-state index in [9.17, 15) is 0 Å². The van der Waals surface area contributed by atoms with Gasteiger partial charge in [-0.1, -0.05) is 91.0 Å². The predicted octanol–water partition coefficient (Wildman–Crippen LogP) is 8.94. The molecule has 178 valence electrons. The van der Waals surface area contributed by atoms with Crippen LogP contribution in [0.5, 0.6) is 0 Å². The average molecular weight is 486 g/mol. The van der Waals surface area contributed by atoms with Crippen molar-refractivity contribution in [3.05, 3.63) is 140 Å². The zero-order chi connectivity index (χ0) is 25.1. The molecule has 0 aliphatic carbocycles. The van der Waals surface area contributed by atoms with Gasteiger partial charge in [0.2, 0.25) is 0 Å². The molecule has 5 aromatic carbocycles. The van der Waals surface area contributed by atoms with Gasteiger partial charge < -0.3 is 9.13 Å². The van der Waals surface area contributed by atoms with Gasteiger partial charge in [0.25, 0.3) is 0 Å². The molecular formula is C35H23N3. The molecule has 0 fully saturated rings. The van der Waals surface area contributed by atoms with Crippen LogP contribution in [0, 0.1) is 0 Å². The number of pyridine rings is 1. The van der Waals surface area contributed by atoms with Gasteiger partial charge in [0.1, 0.15) is 0 Å². The molecule has 0 radical (unpaired) electrons. The Morgan fingerprint density at radius 2 is 0.763 bits per heavy atom. The summed E-state index contributed by atoms with van der Waals surface area (Å²) in [6.07, 6.45) is 3.90. The zero-order valence-electron chi connectivity index (χ0n) is 20.6. The van der Waals surface area contributed by atoms with Crippen LogP contribution in [-0.4, -0.2) is 14.1 Å². The van der Waals surface area contributed by atoms with E-state index in [1.54, 1.807) is 0 Å². The number of rotatable bonds is 3. The SMILES string of the molecule is c1ccc(-n2c3ccccc3c3ccccc32)c(-c2cnccc2-n2c3ccccc3c3ccccc32)c1. The molecule has 3 heteroatoms. The van der Waals surface area contributed by atoms with Crippen LogP contribution in [0.3, 0.4) is 0 Å². The normalized spacial score (nSPS) is 11.7. The maximum absolute atomic E-state index is 4.62. The fraction of sp³-hybridized carbons (Fsp3) is 0. The Morgan fingerprint density at radius 3 is 1.26 bits per heavy atom. The quantitative estimate of drug-likeness (QED) is 0.245. The lowest BCUT2D eigenvalue weighted by molar-refractivity contribution is 1.14. The standard InChI is InChI=1S/C35H23N3/c1-6-16-30-24(11-1)25-12-2-7-17-31(25)37(30)34-20-10-5-15-28(34)29-23-36-22-21-35(29)38-32-18-8-3-13-26(32)27-14-4-9-19-33(27)38/h1-23H. The van der Waals surface area contributed by atoms with Crippen molar-refractivity contribution in [2.75, 3.05) is 0 Å². The molecule has 0 saturated heterocycles. The number of para-hydroxylation sites is 5. The van der Waals surface area contributed by atoms with Crippen LogP contribution >= 0.6 is 0 Å².